The van der Waals surface area contributed by atoms with Gasteiger partial charge in [-0.05, 0) is 91.0 Å². The van der Waals surface area contributed by atoms with Crippen LogP contribution in [0.5, 0.6) is 0 Å². The second kappa shape index (κ2) is 11.7. The molecule has 8 heteroatoms. The van der Waals surface area contributed by atoms with E-state index in [1.54, 1.807) is 18.0 Å². The van der Waals surface area contributed by atoms with Crippen molar-refractivity contribution >= 4 is 40.7 Å². The third-order valence-corrected chi connectivity index (χ3v) is 9.43. The molecule has 200 valence electrons. The number of aromatic nitrogens is 1. The Balaban J connectivity index is 1.61. The Morgan fingerprint density at radius 3 is 2.38 bits per heavy atom. The number of carbonyl (C=O) groups is 2. The first kappa shape index (κ1) is 27.8. The van der Waals surface area contributed by atoms with E-state index in [1.165, 1.54) is 11.3 Å². The van der Waals surface area contributed by atoms with Gasteiger partial charge in [0, 0.05) is 22.6 Å². The predicted octanol–water partition coefficient (Wildman–Crippen LogP) is 7.40. The molecule has 0 radical (unpaired) electrons. The Hall–Kier alpha value is -2.24. The maximum Gasteiger partial charge on any atom is 0.348 e. The van der Waals surface area contributed by atoms with Crippen molar-refractivity contribution in [3.63, 3.8) is 0 Å². The lowest BCUT2D eigenvalue weighted by atomic mass is 9.81. The van der Waals surface area contributed by atoms with Crippen molar-refractivity contribution in [3.05, 3.63) is 27.8 Å². The Bertz CT molecular complexity index is 1170. The molecule has 2 fully saturated rings. The largest absolute Gasteiger partial charge is 0.477 e. The number of hydrogen-bond acceptors (Lipinski definition) is 6. The second-order valence-electron chi connectivity index (χ2n) is 11.6. The zero-order chi connectivity index (χ0) is 26.7. The number of aryl methyl sites for hydroxylation is 1. The highest BCUT2D eigenvalue weighted by Gasteiger charge is 2.37. The molecular formula is C29H38N2O4S2. The first-order chi connectivity index (χ1) is 17.5. The summed E-state index contributed by atoms with van der Waals surface area (Å²) in [6.07, 6.45) is 9.06. The van der Waals surface area contributed by atoms with Crippen molar-refractivity contribution in [2.24, 2.45) is 17.3 Å². The van der Waals surface area contributed by atoms with E-state index in [1.807, 2.05) is 38.7 Å². The van der Waals surface area contributed by atoms with Crippen LogP contribution in [-0.4, -0.2) is 33.3 Å². The van der Waals surface area contributed by atoms with E-state index in [2.05, 4.69) is 23.7 Å². The summed E-state index contributed by atoms with van der Waals surface area (Å²) in [5, 5.41) is 11.2. The number of amides is 1. The normalized spacial score (nSPS) is 24.2. The Morgan fingerprint density at radius 2 is 1.81 bits per heavy atom. The molecule has 2 aliphatic rings. The molecule has 4 rings (SSSR count). The van der Waals surface area contributed by atoms with Gasteiger partial charge in [-0.3, -0.25) is 4.79 Å². The number of carboxylic acid groups (broad SMARTS) is 1. The molecule has 0 saturated heterocycles. The summed E-state index contributed by atoms with van der Waals surface area (Å²) in [4.78, 5) is 33.5. The van der Waals surface area contributed by atoms with E-state index in [9.17, 15) is 14.7 Å². The molecule has 2 aliphatic carbocycles. The van der Waals surface area contributed by atoms with Gasteiger partial charge in [0.1, 0.15) is 10.6 Å². The number of carboxylic acids is 1. The SMILES string of the molecule is Cc1cnc(SC2CCC(N(C(=O)C3CCC(C)CC3)c3cc(C#CC(C)(C)C)sc3C(=O)O)CC2)o1. The van der Waals surface area contributed by atoms with Gasteiger partial charge in [-0.2, -0.15) is 0 Å². The highest BCUT2D eigenvalue weighted by Crippen LogP contribution is 2.41. The molecule has 0 aliphatic heterocycles. The fourth-order valence-electron chi connectivity index (χ4n) is 5.18. The molecule has 2 heterocycles. The van der Waals surface area contributed by atoms with Crippen LogP contribution in [0.25, 0.3) is 0 Å². The number of hydrogen-bond donors (Lipinski definition) is 1. The zero-order valence-corrected chi connectivity index (χ0v) is 24.1. The molecule has 6 nitrogen and oxygen atoms in total. The van der Waals surface area contributed by atoms with Crippen LogP contribution in [-0.2, 0) is 4.79 Å². The number of aromatic carboxylic acids is 1. The van der Waals surface area contributed by atoms with Gasteiger partial charge in [0.2, 0.25) is 5.91 Å². The van der Waals surface area contributed by atoms with E-state index in [0.29, 0.717) is 27.0 Å². The molecule has 0 bridgehead atoms. The van der Waals surface area contributed by atoms with Crippen LogP contribution in [0.3, 0.4) is 0 Å². The number of anilines is 1. The van der Waals surface area contributed by atoms with Crippen molar-refractivity contribution < 1.29 is 19.1 Å². The van der Waals surface area contributed by atoms with Crippen LogP contribution in [0.4, 0.5) is 5.69 Å². The van der Waals surface area contributed by atoms with Crippen LogP contribution in [0.1, 0.15) is 99.4 Å². The van der Waals surface area contributed by atoms with Gasteiger partial charge >= 0.3 is 5.97 Å². The van der Waals surface area contributed by atoms with Gasteiger partial charge < -0.3 is 14.4 Å². The first-order valence-electron chi connectivity index (χ1n) is 13.3. The minimum atomic E-state index is -0.998. The van der Waals surface area contributed by atoms with Crippen molar-refractivity contribution in [1.29, 1.82) is 0 Å². The quantitative estimate of drug-likeness (QED) is 0.383. The summed E-state index contributed by atoms with van der Waals surface area (Å²) in [6.45, 7) is 10.2. The van der Waals surface area contributed by atoms with E-state index in [4.69, 9.17) is 4.42 Å². The smallest absolute Gasteiger partial charge is 0.348 e. The van der Waals surface area contributed by atoms with Gasteiger partial charge in [-0.15, -0.1) is 11.3 Å². The van der Waals surface area contributed by atoms with Crippen molar-refractivity contribution in [1.82, 2.24) is 4.98 Å². The monoisotopic (exact) mass is 542 g/mol. The summed E-state index contributed by atoms with van der Waals surface area (Å²) in [6, 6.07) is 1.82. The molecule has 2 saturated carbocycles. The number of nitrogens with zero attached hydrogens (tertiary/aromatic N) is 2. The molecule has 1 amide bonds. The molecule has 0 aromatic carbocycles. The number of oxazole rings is 1. The van der Waals surface area contributed by atoms with Gasteiger partial charge in [0.15, 0.2) is 0 Å². The van der Waals surface area contributed by atoms with Gasteiger partial charge in [0.05, 0.1) is 16.8 Å². The summed E-state index contributed by atoms with van der Waals surface area (Å²) < 4.78 is 5.66. The lowest BCUT2D eigenvalue weighted by Gasteiger charge is -2.39. The number of thiophene rings is 1. The predicted molar refractivity (Wildman–Crippen MR) is 149 cm³/mol. The van der Waals surface area contributed by atoms with Crippen molar-refractivity contribution in [3.8, 4) is 11.8 Å². The van der Waals surface area contributed by atoms with Crippen LogP contribution in [0.2, 0.25) is 0 Å². The lowest BCUT2D eigenvalue weighted by molar-refractivity contribution is -0.124. The van der Waals surface area contributed by atoms with Crippen LogP contribution in [0.15, 0.2) is 21.9 Å². The molecule has 1 N–H and O–H groups in total. The second-order valence-corrected chi connectivity index (χ2v) is 13.9. The molecule has 2 aromatic heterocycles. The topological polar surface area (TPSA) is 83.6 Å². The van der Waals surface area contributed by atoms with E-state index in [0.717, 1.165) is 57.1 Å². The van der Waals surface area contributed by atoms with Gasteiger partial charge in [-0.25, -0.2) is 9.78 Å². The highest BCUT2D eigenvalue weighted by molar-refractivity contribution is 7.99. The maximum absolute atomic E-state index is 14.1. The van der Waals surface area contributed by atoms with Crippen LogP contribution in [0, 0.1) is 36.0 Å². The van der Waals surface area contributed by atoms with Gasteiger partial charge in [0.25, 0.3) is 5.22 Å². The Kier molecular flexibility index (Phi) is 8.75. The molecule has 2 aromatic rings. The number of thioether (sulfide) groups is 1. The first-order valence-corrected chi connectivity index (χ1v) is 15.0. The molecular weight excluding hydrogens is 504 g/mol. The van der Waals surface area contributed by atoms with Gasteiger partial charge in [-0.1, -0.05) is 30.5 Å². The minimum Gasteiger partial charge on any atom is -0.477 e. The zero-order valence-electron chi connectivity index (χ0n) is 22.5. The molecule has 37 heavy (non-hydrogen) atoms. The molecule has 0 spiro atoms. The highest BCUT2D eigenvalue weighted by atomic mass is 32.2. The van der Waals surface area contributed by atoms with Crippen LogP contribution < -0.4 is 4.90 Å². The average molecular weight is 543 g/mol. The van der Waals surface area contributed by atoms with Crippen molar-refractivity contribution in [2.75, 3.05) is 4.90 Å². The number of carbonyl (C=O) groups excluding carboxylic acids is 1. The molecule has 0 atom stereocenters. The third kappa shape index (κ3) is 7.20. The fraction of sp³-hybridized carbons (Fsp3) is 0.621. The summed E-state index contributed by atoms with van der Waals surface area (Å²) in [7, 11) is 0. The van der Waals surface area contributed by atoms with Crippen LogP contribution >= 0.6 is 23.1 Å². The van der Waals surface area contributed by atoms with E-state index < -0.39 is 5.97 Å². The average Bonchev–Trinajstić information content (AvgIpc) is 3.45. The van der Waals surface area contributed by atoms with Crippen molar-refractivity contribution in [2.45, 2.75) is 102 Å². The Labute approximate surface area is 228 Å². The van der Waals surface area contributed by atoms with E-state index >= 15 is 0 Å². The fourth-order valence-corrected chi connectivity index (χ4v) is 7.10. The van der Waals surface area contributed by atoms with E-state index in [-0.39, 0.29) is 28.2 Å². The minimum absolute atomic E-state index is 0.0221. The number of rotatable bonds is 6. The molecule has 0 unspecified atom stereocenters. The summed E-state index contributed by atoms with van der Waals surface area (Å²) in [5.74, 6) is 6.85. The standard InChI is InChI=1S/C29H38N2O4S2/c1-18-6-8-20(9-7-18)26(32)31(21-10-12-22(13-11-21)37-28-30-17-19(2)35-28)24-16-23(14-15-29(3,4)5)36-25(24)27(33)34/h16-18,20-22H,6-13H2,1-5H3,(H,33,34). The lowest BCUT2D eigenvalue weighted by Crippen LogP contribution is -2.46. The maximum atomic E-state index is 14.1. The third-order valence-electron chi connectivity index (χ3n) is 7.21. The Morgan fingerprint density at radius 1 is 1.14 bits per heavy atom. The summed E-state index contributed by atoms with van der Waals surface area (Å²) in [5.41, 5.74) is 0.331. The summed E-state index contributed by atoms with van der Waals surface area (Å²) >= 11 is 2.84.